The van der Waals surface area contributed by atoms with E-state index in [9.17, 15) is 0 Å². The van der Waals surface area contributed by atoms with E-state index in [-0.39, 0.29) is 6.61 Å². The molecule has 5 nitrogen and oxygen atoms in total. The van der Waals surface area contributed by atoms with Gasteiger partial charge in [0.25, 0.3) is 0 Å². The van der Waals surface area contributed by atoms with Gasteiger partial charge in [-0.2, -0.15) is 0 Å². The molecule has 0 atom stereocenters. The van der Waals surface area contributed by atoms with Crippen LogP contribution in [-0.4, -0.2) is 30.4 Å². The second-order valence-electron chi connectivity index (χ2n) is 5.11. The monoisotopic (exact) mass is 341 g/mol. The van der Waals surface area contributed by atoms with Crippen LogP contribution in [0.5, 0.6) is 5.75 Å². The van der Waals surface area contributed by atoms with E-state index >= 15 is 0 Å². The van der Waals surface area contributed by atoms with Crippen molar-refractivity contribution in [2.45, 2.75) is 4.90 Å². The van der Waals surface area contributed by atoms with Crippen molar-refractivity contribution in [2.75, 3.05) is 25.6 Å². The number of hydrogen-bond donors (Lipinski definition) is 3. The maximum atomic E-state index is 8.77. The van der Waals surface area contributed by atoms with Gasteiger partial charge in [-0.25, -0.2) is 0 Å². The number of pyridine rings is 1. The lowest BCUT2D eigenvalue weighted by Gasteiger charge is -2.11. The quantitative estimate of drug-likeness (QED) is 0.451. The number of benzene rings is 2. The van der Waals surface area contributed by atoms with E-state index in [0.29, 0.717) is 6.54 Å². The van der Waals surface area contributed by atoms with Crippen molar-refractivity contribution in [3.63, 3.8) is 0 Å². The van der Waals surface area contributed by atoms with Gasteiger partial charge in [0.1, 0.15) is 5.75 Å². The molecule has 0 fully saturated rings. The van der Waals surface area contributed by atoms with Crippen LogP contribution in [0, 0.1) is 0 Å². The number of nitrogens with one attached hydrogen (secondary N) is 2. The molecular weight excluding hydrogens is 322 g/mol. The van der Waals surface area contributed by atoms with Gasteiger partial charge in [0.2, 0.25) is 0 Å². The average molecular weight is 341 g/mol. The predicted octanol–water partition coefficient (Wildman–Crippen LogP) is 3.58. The summed E-state index contributed by atoms with van der Waals surface area (Å²) >= 11 is 1.50. The molecule has 0 spiro atoms. The first-order valence-electron chi connectivity index (χ1n) is 7.60. The molecule has 0 aliphatic heterocycles. The van der Waals surface area contributed by atoms with Gasteiger partial charge in [0.05, 0.1) is 19.2 Å². The van der Waals surface area contributed by atoms with Crippen molar-refractivity contribution in [3.05, 3.63) is 54.7 Å². The van der Waals surface area contributed by atoms with Crippen LogP contribution >= 0.6 is 11.9 Å². The van der Waals surface area contributed by atoms with Crippen LogP contribution in [-0.2, 0) is 0 Å². The number of ether oxygens (including phenoxy) is 1. The Labute approximate surface area is 145 Å². The van der Waals surface area contributed by atoms with Gasteiger partial charge in [-0.15, -0.1) is 0 Å². The van der Waals surface area contributed by atoms with E-state index in [4.69, 9.17) is 9.84 Å². The van der Waals surface area contributed by atoms with E-state index in [0.717, 1.165) is 32.9 Å². The number of anilines is 2. The zero-order valence-corrected chi connectivity index (χ0v) is 14.1. The normalized spacial score (nSPS) is 10.8. The fourth-order valence-electron chi connectivity index (χ4n) is 2.31. The van der Waals surface area contributed by atoms with Crippen LogP contribution in [0.15, 0.2) is 59.6 Å². The predicted molar refractivity (Wildman–Crippen MR) is 99.0 cm³/mol. The Kier molecular flexibility index (Phi) is 5.53. The number of aliphatic hydroxyl groups excluding tert-OH is 1. The van der Waals surface area contributed by atoms with Crippen molar-refractivity contribution < 1.29 is 9.84 Å². The zero-order chi connectivity index (χ0) is 16.8. The van der Waals surface area contributed by atoms with Gasteiger partial charge < -0.3 is 15.2 Å². The number of fused-ring (bicyclic) bond motifs is 1. The van der Waals surface area contributed by atoms with Gasteiger partial charge in [-0.05, 0) is 54.4 Å². The van der Waals surface area contributed by atoms with Gasteiger partial charge in [-0.1, -0.05) is 0 Å². The third-order valence-electron chi connectivity index (χ3n) is 3.49. The Morgan fingerprint density at radius 1 is 1.12 bits per heavy atom. The van der Waals surface area contributed by atoms with E-state index < -0.39 is 0 Å². The summed E-state index contributed by atoms with van der Waals surface area (Å²) in [5.41, 5.74) is 2.89. The molecule has 0 bridgehead atoms. The Morgan fingerprint density at radius 2 is 1.96 bits per heavy atom. The molecule has 1 aromatic heterocycles. The Morgan fingerprint density at radius 3 is 2.71 bits per heavy atom. The first kappa shape index (κ1) is 16.6. The minimum Gasteiger partial charge on any atom is -0.497 e. The summed E-state index contributed by atoms with van der Waals surface area (Å²) in [5, 5.41) is 13.2. The molecule has 2 aromatic carbocycles. The largest absolute Gasteiger partial charge is 0.497 e. The van der Waals surface area contributed by atoms with E-state index in [1.54, 1.807) is 13.3 Å². The minimum absolute atomic E-state index is 0.131. The number of aromatic nitrogens is 1. The number of methoxy groups -OCH3 is 1. The molecule has 1 heterocycles. The van der Waals surface area contributed by atoms with Crippen LogP contribution in [0.3, 0.4) is 0 Å². The van der Waals surface area contributed by atoms with Crippen molar-refractivity contribution in [3.8, 4) is 5.75 Å². The summed E-state index contributed by atoms with van der Waals surface area (Å²) in [6.45, 7) is 0.698. The molecule has 0 saturated carbocycles. The second kappa shape index (κ2) is 8.01. The molecule has 6 heteroatoms. The highest BCUT2D eigenvalue weighted by molar-refractivity contribution is 7.97. The van der Waals surface area contributed by atoms with Crippen LogP contribution < -0.4 is 14.8 Å². The molecular formula is C18H19N3O2S. The maximum Gasteiger partial charge on any atom is 0.121 e. The third-order valence-corrected chi connectivity index (χ3v) is 4.34. The summed E-state index contributed by atoms with van der Waals surface area (Å²) in [6, 6.07) is 15.9. The minimum atomic E-state index is 0.131. The van der Waals surface area contributed by atoms with Gasteiger partial charge in [-0.3, -0.25) is 9.71 Å². The Hall–Kier alpha value is -2.28. The van der Waals surface area contributed by atoms with Crippen LogP contribution in [0.4, 0.5) is 11.4 Å². The van der Waals surface area contributed by atoms with Gasteiger partial charge in [0.15, 0.2) is 0 Å². The third kappa shape index (κ3) is 3.97. The fraction of sp³-hybridized carbons (Fsp3) is 0.167. The number of aliphatic hydroxyl groups is 1. The van der Waals surface area contributed by atoms with Gasteiger partial charge >= 0.3 is 0 Å². The lowest BCUT2D eigenvalue weighted by Crippen LogP contribution is -2.08. The summed E-state index contributed by atoms with van der Waals surface area (Å²) in [6.07, 6.45) is 1.78. The lowest BCUT2D eigenvalue weighted by molar-refractivity contribution is 0.302. The van der Waals surface area contributed by atoms with Crippen molar-refractivity contribution in [1.82, 2.24) is 9.71 Å². The first-order chi connectivity index (χ1) is 11.8. The average Bonchev–Trinajstić information content (AvgIpc) is 2.63. The molecule has 24 heavy (non-hydrogen) atoms. The Bertz CT molecular complexity index is 809. The van der Waals surface area contributed by atoms with Gasteiger partial charge in [0, 0.05) is 40.5 Å². The smallest absolute Gasteiger partial charge is 0.121 e. The number of rotatable bonds is 7. The molecule has 0 aliphatic carbocycles. The fourth-order valence-corrected chi connectivity index (χ4v) is 2.94. The standard InChI is InChI=1S/C18H19N3O2S/c1-23-14-4-7-16-17(8-9-19-18(16)12-14)21-13-2-5-15(6-3-13)24-20-10-11-22/h2-9,12,20,22H,10-11H2,1H3,(H,19,21). The molecule has 0 radical (unpaired) electrons. The molecule has 0 unspecified atom stereocenters. The summed E-state index contributed by atoms with van der Waals surface area (Å²) < 4.78 is 8.33. The van der Waals surface area contributed by atoms with E-state index in [1.165, 1.54) is 11.9 Å². The van der Waals surface area contributed by atoms with Crippen molar-refractivity contribution >= 4 is 34.2 Å². The zero-order valence-electron chi connectivity index (χ0n) is 13.3. The molecule has 0 saturated heterocycles. The maximum absolute atomic E-state index is 8.77. The summed E-state index contributed by atoms with van der Waals surface area (Å²) in [5.74, 6) is 0.795. The first-order valence-corrected chi connectivity index (χ1v) is 8.42. The Balaban J connectivity index is 1.77. The highest BCUT2D eigenvalue weighted by Crippen LogP contribution is 2.28. The second-order valence-corrected chi connectivity index (χ2v) is 6.08. The number of nitrogens with zero attached hydrogens (tertiary/aromatic N) is 1. The van der Waals surface area contributed by atoms with E-state index in [1.807, 2.05) is 48.5 Å². The molecule has 3 N–H and O–H groups in total. The van der Waals surface area contributed by atoms with Crippen molar-refractivity contribution in [1.29, 1.82) is 0 Å². The molecule has 3 rings (SSSR count). The molecule has 124 valence electrons. The highest BCUT2D eigenvalue weighted by Gasteiger charge is 2.04. The number of hydrogen-bond acceptors (Lipinski definition) is 6. The van der Waals surface area contributed by atoms with Crippen LogP contribution in [0.2, 0.25) is 0 Å². The van der Waals surface area contributed by atoms with Crippen molar-refractivity contribution in [2.24, 2.45) is 0 Å². The SMILES string of the molecule is COc1ccc2c(Nc3ccc(SNCCO)cc3)ccnc2c1. The molecule has 0 aliphatic rings. The topological polar surface area (TPSA) is 66.4 Å². The summed E-state index contributed by atoms with van der Waals surface area (Å²) in [4.78, 5) is 5.49. The summed E-state index contributed by atoms with van der Waals surface area (Å²) in [7, 11) is 1.65. The highest BCUT2D eigenvalue weighted by atomic mass is 32.2. The van der Waals surface area contributed by atoms with Crippen LogP contribution in [0.25, 0.3) is 10.9 Å². The van der Waals surface area contributed by atoms with Crippen LogP contribution in [0.1, 0.15) is 0 Å². The van der Waals surface area contributed by atoms with E-state index in [2.05, 4.69) is 15.0 Å². The molecule has 0 amide bonds. The lowest BCUT2D eigenvalue weighted by atomic mass is 10.1. The molecule has 3 aromatic rings.